The van der Waals surface area contributed by atoms with Crippen LogP contribution in [0.3, 0.4) is 0 Å². The van der Waals surface area contributed by atoms with Crippen molar-refractivity contribution in [2.75, 3.05) is 12.3 Å². The van der Waals surface area contributed by atoms with Crippen molar-refractivity contribution < 1.29 is 14.4 Å². The molecule has 1 aromatic rings. The number of nitrogens with zero attached hydrogens (tertiary/aromatic N) is 1. The molecule has 1 saturated heterocycles. The standard InChI is InChI=1S/C17H23N3O3S.ClH/c1-2-3-7-14(9-18)19-16(22)13-6-4-5-12(8-13)10-20-15(21)11-24-17(20)23;/h4-6,8,14H,2-3,7,9-11,18H2,1H3,(H,19,22);1H. The maximum absolute atomic E-state index is 12.4. The number of halogens is 1. The number of hydrogen-bond donors (Lipinski definition) is 2. The predicted octanol–water partition coefficient (Wildman–Crippen LogP) is 2.55. The Morgan fingerprint density at radius 3 is 2.76 bits per heavy atom. The normalized spacial score (nSPS) is 15.0. The van der Waals surface area contributed by atoms with Crippen LogP contribution in [0.15, 0.2) is 24.3 Å². The molecule has 138 valence electrons. The number of amides is 3. The molecule has 8 heteroatoms. The molecular weight excluding hydrogens is 362 g/mol. The average Bonchev–Trinajstić information content (AvgIpc) is 2.90. The summed E-state index contributed by atoms with van der Waals surface area (Å²) >= 11 is 1.01. The van der Waals surface area contributed by atoms with Gasteiger partial charge in [-0.05, 0) is 24.1 Å². The molecule has 2 rings (SSSR count). The lowest BCUT2D eigenvalue weighted by atomic mass is 10.1. The molecule has 0 spiro atoms. The van der Waals surface area contributed by atoms with Gasteiger partial charge in [0.05, 0.1) is 12.3 Å². The number of hydrogen-bond acceptors (Lipinski definition) is 5. The van der Waals surface area contributed by atoms with E-state index in [-0.39, 0.29) is 47.8 Å². The molecule has 25 heavy (non-hydrogen) atoms. The Kier molecular flexibility index (Phi) is 8.96. The largest absolute Gasteiger partial charge is 0.348 e. The fourth-order valence-electron chi connectivity index (χ4n) is 2.50. The minimum absolute atomic E-state index is 0. The van der Waals surface area contributed by atoms with Gasteiger partial charge in [-0.3, -0.25) is 19.3 Å². The Balaban J connectivity index is 0.00000312. The Labute approximate surface area is 158 Å². The molecule has 1 aliphatic heterocycles. The van der Waals surface area contributed by atoms with Gasteiger partial charge in [0.2, 0.25) is 5.91 Å². The predicted molar refractivity (Wildman–Crippen MR) is 102 cm³/mol. The number of carbonyl (C=O) groups is 3. The highest BCUT2D eigenvalue weighted by atomic mass is 35.5. The Morgan fingerprint density at radius 1 is 1.40 bits per heavy atom. The topological polar surface area (TPSA) is 92.5 Å². The second-order valence-corrected chi connectivity index (χ2v) is 6.71. The van der Waals surface area contributed by atoms with Crippen LogP contribution in [0.5, 0.6) is 0 Å². The highest BCUT2D eigenvalue weighted by Gasteiger charge is 2.29. The summed E-state index contributed by atoms with van der Waals surface area (Å²) in [6.07, 6.45) is 2.92. The van der Waals surface area contributed by atoms with E-state index in [4.69, 9.17) is 5.73 Å². The van der Waals surface area contributed by atoms with Crippen LogP contribution in [-0.2, 0) is 11.3 Å². The number of benzene rings is 1. The molecule has 1 atom stereocenters. The van der Waals surface area contributed by atoms with Crippen LogP contribution >= 0.6 is 24.2 Å². The van der Waals surface area contributed by atoms with Crippen molar-refractivity contribution >= 4 is 41.2 Å². The van der Waals surface area contributed by atoms with Crippen molar-refractivity contribution in [1.82, 2.24) is 10.2 Å². The zero-order valence-corrected chi connectivity index (χ0v) is 15.8. The molecule has 0 saturated carbocycles. The fourth-order valence-corrected chi connectivity index (χ4v) is 3.22. The molecule has 0 aliphatic carbocycles. The van der Waals surface area contributed by atoms with Crippen LogP contribution in [-0.4, -0.2) is 40.3 Å². The van der Waals surface area contributed by atoms with Gasteiger partial charge in [0.1, 0.15) is 0 Å². The SMILES string of the molecule is CCCCC(CN)NC(=O)c1cccc(CN2C(=O)CSC2=O)c1.Cl. The molecule has 3 N–H and O–H groups in total. The molecule has 1 aromatic carbocycles. The first-order valence-electron chi connectivity index (χ1n) is 8.12. The van der Waals surface area contributed by atoms with Gasteiger partial charge < -0.3 is 11.1 Å². The molecule has 1 fully saturated rings. The molecule has 0 radical (unpaired) electrons. The monoisotopic (exact) mass is 385 g/mol. The number of imide groups is 1. The summed E-state index contributed by atoms with van der Waals surface area (Å²) in [5.74, 6) is -0.186. The molecule has 0 aromatic heterocycles. The van der Waals surface area contributed by atoms with Gasteiger partial charge in [0.25, 0.3) is 11.1 Å². The van der Waals surface area contributed by atoms with Gasteiger partial charge >= 0.3 is 0 Å². The lowest BCUT2D eigenvalue weighted by Gasteiger charge is -2.17. The summed E-state index contributed by atoms with van der Waals surface area (Å²) in [5.41, 5.74) is 6.97. The van der Waals surface area contributed by atoms with E-state index in [1.807, 2.05) is 0 Å². The van der Waals surface area contributed by atoms with Crippen LogP contribution in [0.25, 0.3) is 0 Å². The third-order valence-electron chi connectivity index (χ3n) is 3.90. The second-order valence-electron chi connectivity index (χ2n) is 5.78. The Hall–Kier alpha value is -1.57. The molecule has 1 aliphatic rings. The smallest absolute Gasteiger partial charge is 0.289 e. The van der Waals surface area contributed by atoms with Crippen molar-refractivity contribution in [1.29, 1.82) is 0 Å². The number of nitrogens with one attached hydrogen (secondary N) is 1. The summed E-state index contributed by atoms with van der Waals surface area (Å²) < 4.78 is 0. The summed E-state index contributed by atoms with van der Waals surface area (Å²) in [7, 11) is 0. The van der Waals surface area contributed by atoms with Gasteiger partial charge in [-0.2, -0.15) is 0 Å². The van der Waals surface area contributed by atoms with Crippen LogP contribution in [0.2, 0.25) is 0 Å². The van der Waals surface area contributed by atoms with E-state index < -0.39 is 0 Å². The highest BCUT2D eigenvalue weighted by Crippen LogP contribution is 2.21. The van der Waals surface area contributed by atoms with Gasteiger partial charge in [-0.1, -0.05) is 43.7 Å². The highest BCUT2D eigenvalue weighted by molar-refractivity contribution is 8.14. The van der Waals surface area contributed by atoms with Gasteiger partial charge in [-0.15, -0.1) is 12.4 Å². The minimum atomic E-state index is -0.238. The van der Waals surface area contributed by atoms with Crippen LogP contribution < -0.4 is 11.1 Å². The quantitative estimate of drug-likeness (QED) is 0.717. The van der Waals surface area contributed by atoms with Gasteiger partial charge in [-0.25, -0.2) is 0 Å². The van der Waals surface area contributed by atoms with Crippen molar-refractivity contribution in [3.05, 3.63) is 35.4 Å². The Morgan fingerprint density at radius 2 is 2.16 bits per heavy atom. The number of unbranched alkanes of at least 4 members (excludes halogenated alkanes) is 1. The van der Waals surface area contributed by atoms with Crippen molar-refractivity contribution in [2.24, 2.45) is 5.73 Å². The molecule has 1 unspecified atom stereocenters. The maximum atomic E-state index is 12.4. The number of nitrogens with two attached hydrogens (primary N) is 1. The number of thioether (sulfide) groups is 1. The molecule has 0 bridgehead atoms. The lowest BCUT2D eigenvalue weighted by Crippen LogP contribution is -2.40. The van der Waals surface area contributed by atoms with E-state index in [2.05, 4.69) is 12.2 Å². The maximum Gasteiger partial charge on any atom is 0.289 e. The second kappa shape index (κ2) is 10.4. The number of rotatable bonds is 8. The Bertz CT molecular complexity index is 611. The van der Waals surface area contributed by atoms with Crippen LogP contribution in [0.1, 0.15) is 42.1 Å². The first kappa shape index (κ1) is 21.5. The fraction of sp³-hybridized carbons (Fsp3) is 0.471. The van der Waals surface area contributed by atoms with Gasteiger partial charge in [0.15, 0.2) is 0 Å². The molecule has 6 nitrogen and oxygen atoms in total. The van der Waals surface area contributed by atoms with E-state index in [0.29, 0.717) is 12.1 Å². The van der Waals surface area contributed by atoms with Crippen molar-refractivity contribution in [3.63, 3.8) is 0 Å². The van der Waals surface area contributed by atoms with E-state index >= 15 is 0 Å². The minimum Gasteiger partial charge on any atom is -0.348 e. The van der Waals surface area contributed by atoms with Crippen molar-refractivity contribution in [2.45, 2.75) is 38.8 Å². The van der Waals surface area contributed by atoms with E-state index in [0.717, 1.165) is 36.6 Å². The van der Waals surface area contributed by atoms with E-state index in [1.165, 1.54) is 4.90 Å². The zero-order valence-electron chi connectivity index (χ0n) is 14.2. The third kappa shape index (κ3) is 6.02. The zero-order chi connectivity index (χ0) is 17.5. The molecular formula is C17H24ClN3O3S. The first-order chi connectivity index (χ1) is 11.5. The van der Waals surface area contributed by atoms with Crippen LogP contribution in [0, 0.1) is 0 Å². The van der Waals surface area contributed by atoms with E-state index in [9.17, 15) is 14.4 Å². The van der Waals surface area contributed by atoms with Crippen molar-refractivity contribution in [3.8, 4) is 0 Å². The van der Waals surface area contributed by atoms with E-state index in [1.54, 1.807) is 24.3 Å². The number of carbonyl (C=O) groups excluding carboxylic acids is 3. The lowest BCUT2D eigenvalue weighted by molar-refractivity contribution is -0.125. The summed E-state index contributed by atoms with van der Waals surface area (Å²) in [6.45, 7) is 2.69. The summed E-state index contributed by atoms with van der Waals surface area (Å²) in [4.78, 5) is 36.9. The first-order valence-corrected chi connectivity index (χ1v) is 9.10. The molecule has 1 heterocycles. The summed E-state index contributed by atoms with van der Waals surface area (Å²) in [5, 5.41) is 2.70. The third-order valence-corrected chi connectivity index (χ3v) is 4.75. The summed E-state index contributed by atoms with van der Waals surface area (Å²) in [6, 6.07) is 6.95. The van der Waals surface area contributed by atoms with Crippen LogP contribution in [0.4, 0.5) is 4.79 Å². The van der Waals surface area contributed by atoms with Gasteiger partial charge in [0, 0.05) is 18.2 Å². The molecule has 3 amide bonds. The average molecular weight is 386 g/mol.